The Morgan fingerprint density at radius 2 is 2.04 bits per heavy atom. The minimum atomic E-state index is 0.0248. The molecule has 3 aromatic rings. The van der Waals surface area contributed by atoms with E-state index in [0.29, 0.717) is 41.8 Å². The second-order valence-corrected chi connectivity index (χ2v) is 7.33. The number of aryl methyl sites for hydroxylation is 1. The largest absolute Gasteiger partial charge is 0.492 e. The molecule has 0 unspecified atom stereocenters. The van der Waals surface area contributed by atoms with Crippen molar-refractivity contribution in [2.75, 3.05) is 13.2 Å². The first kappa shape index (κ1) is 19.6. The van der Waals surface area contributed by atoms with Gasteiger partial charge in [0.15, 0.2) is 0 Å². The lowest BCUT2D eigenvalue weighted by Crippen LogP contribution is -2.25. The standard InChI is InChI=1S/C21H22Cl2N2O2/c1-14-4-6-19-17(11-14)15(13-25-19)8-9-24-21(26)3-2-10-27-20-7-5-16(22)12-18(20)23/h4-7,11-13,25H,2-3,8-10H2,1H3,(H,24,26). The fourth-order valence-corrected chi connectivity index (χ4v) is 3.39. The van der Waals surface area contributed by atoms with Gasteiger partial charge in [-0.05, 0) is 55.7 Å². The lowest BCUT2D eigenvalue weighted by molar-refractivity contribution is -0.121. The lowest BCUT2D eigenvalue weighted by Gasteiger charge is -2.08. The summed E-state index contributed by atoms with van der Waals surface area (Å²) in [4.78, 5) is 15.3. The smallest absolute Gasteiger partial charge is 0.220 e. The van der Waals surface area contributed by atoms with Gasteiger partial charge in [0.25, 0.3) is 0 Å². The van der Waals surface area contributed by atoms with Gasteiger partial charge in [0.1, 0.15) is 5.75 Å². The third-order valence-electron chi connectivity index (χ3n) is 4.34. The highest BCUT2D eigenvalue weighted by Gasteiger charge is 2.06. The van der Waals surface area contributed by atoms with Crippen LogP contribution >= 0.6 is 23.2 Å². The minimum absolute atomic E-state index is 0.0248. The summed E-state index contributed by atoms with van der Waals surface area (Å²) in [5.74, 6) is 0.605. The number of rotatable bonds is 8. The van der Waals surface area contributed by atoms with Crippen LogP contribution in [0.1, 0.15) is 24.0 Å². The Balaban J connectivity index is 1.37. The quantitative estimate of drug-likeness (QED) is 0.500. The van der Waals surface area contributed by atoms with Crippen molar-refractivity contribution >= 4 is 40.0 Å². The molecule has 0 atom stereocenters. The maximum Gasteiger partial charge on any atom is 0.220 e. The molecule has 2 N–H and O–H groups in total. The summed E-state index contributed by atoms with van der Waals surface area (Å²) >= 11 is 11.9. The number of benzene rings is 2. The van der Waals surface area contributed by atoms with Gasteiger partial charge in [-0.2, -0.15) is 0 Å². The number of hydrogen-bond donors (Lipinski definition) is 2. The number of aromatic nitrogens is 1. The highest BCUT2D eigenvalue weighted by molar-refractivity contribution is 6.35. The van der Waals surface area contributed by atoms with Crippen molar-refractivity contribution in [1.29, 1.82) is 0 Å². The van der Waals surface area contributed by atoms with Gasteiger partial charge in [0.2, 0.25) is 5.91 Å². The van der Waals surface area contributed by atoms with Crippen molar-refractivity contribution in [3.8, 4) is 5.75 Å². The monoisotopic (exact) mass is 404 g/mol. The third-order valence-corrected chi connectivity index (χ3v) is 4.87. The van der Waals surface area contributed by atoms with E-state index < -0.39 is 0 Å². The van der Waals surface area contributed by atoms with E-state index in [-0.39, 0.29) is 5.91 Å². The van der Waals surface area contributed by atoms with Crippen LogP contribution in [0.25, 0.3) is 10.9 Å². The lowest BCUT2D eigenvalue weighted by atomic mass is 10.1. The number of amides is 1. The molecule has 6 heteroatoms. The second-order valence-electron chi connectivity index (χ2n) is 6.49. The molecule has 27 heavy (non-hydrogen) atoms. The van der Waals surface area contributed by atoms with Gasteiger partial charge in [0, 0.05) is 35.1 Å². The molecule has 0 aliphatic rings. The Hall–Kier alpha value is -2.17. The molecule has 2 aromatic carbocycles. The summed E-state index contributed by atoms with van der Waals surface area (Å²) in [6, 6.07) is 11.4. The Morgan fingerprint density at radius 3 is 2.85 bits per heavy atom. The van der Waals surface area contributed by atoms with Crippen LogP contribution in [-0.2, 0) is 11.2 Å². The van der Waals surface area contributed by atoms with Crippen LogP contribution in [0.4, 0.5) is 0 Å². The molecule has 0 spiro atoms. The Labute approximate surface area is 168 Å². The predicted octanol–water partition coefficient (Wildman–Crippen LogP) is 5.30. The molecular weight excluding hydrogens is 383 g/mol. The summed E-state index contributed by atoms with van der Waals surface area (Å²) in [7, 11) is 0. The van der Waals surface area contributed by atoms with Crippen LogP contribution < -0.4 is 10.1 Å². The van der Waals surface area contributed by atoms with Crippen LogP contribution in [-0.4, -0.2) is 24.0 Å². The zero-order valence-electron chi connectivity index (χ0n) is 15.1. The first-order valence-corrected chi connectivity index (χ1v) is 9.69. The number of nitrogens with one attached hydrogen (secondary N) is 2. The summed E-state index contributed by atoms with van der Waals surface area (Å²) in [6.45, 7) is 3.12. The van der Waals surface area contributed by atoms with E-state index in [9.17, 15) is 4.79 Å². The maximum atomic E-state index is 12.0. The van der Waals surface area contributed by atoms with Crippen molar-refractivity contribution in [2.24, 2.45) is 0 Å². The number of fused-ring (bicyclic) bond motifs is 1. The van der Waals surface area contributed by atoms with Crippen LogP contribution in [0.5, 0.6) is 5.75 Å². The van der Waals surface area contributed by atoms with Gasteiger partial charge in [-0.3, -0.25) is 4.79 Å². The molecule has 142 valence electrons. The fourth-order valence-electron chi connectivity index (χ4n) is 2.93. The van der Waals surface area contributed by atoms with Gasteiger partial charge in [0.05, 0.1) is 11.6 Å². The molecule has 0 aliphatic heterocycles. The van der Waals surface area contributed by atoms with Gasteiger partial charge in [-0.15, -0.1) is 0 Å². The molecule has 0 radical (unpaired) electrons. The van der Waals surface area contributed by atoms with E-state index in [1.807, 2.05) is 6.20 Å². The van der Waals surface area contributed by atoms with Crippen molar-refractivity contribution in [3.05, 3.63) is 63.8 Å². The van der Waals surface area contributed by atoms with E-state index in [1.165, 1.54) is 16.5 Å². The average Bonchev–Trinajstić information content (AvgIpc) is 3.02. The van der Waals surface area contributed by atoms with Crippen LogP contribution in [0.2, 0.25) is 10.0 Å². The number of carbonyl (C=O) groups is 1. The van der Waals surface area contributed by atoms with E-state index in [1.54, 1.807) is 18.2 Å². The topological polar surface area (TPSA) is 54.1 Å². The summed E-state index contributed by atoms with van der Waals surface area (Å²) in [5.41, 5.74) is 3.57. The van der Waals surface area contributed by atoms with Crippen molar-refractivity contribution in [1.82, 2.24) is 10.3 Å². The molecule has 0 fully saturated rings. The van der Waals surface area contributed by atoms with Gasteiger partial charge in [-0.25, -0.2) is 0 Å². The van der Waals surface area contributed by atoms with E-state index >= 15 is 0 Å². The molecule has 1 aromatic heterocycles. The SMILES string of the molecule is Cc1ccc2[nH]cc(CCNC(=O)CCCOc3ccc(Cl)cc3Cl)c2c1. The molecule has 1 amide bonds. The number of carbonyl (C=O) groups excluding carboxylic acids is 1. The zero-order chi connectivity index (χ0) is 19.2. The molecule has 3 rings (SSSR count). The number of aromatic amines is 1. The second kappa shape index (κ2) is 9.16. The highest BCUT2D eigenvalue weighted by Crippen LogP contribution is 2.27. The van der Waals surface area contributed by atoms with Crippen molar-refractivity contribution in [2.45, 2.75) is 26.2 Å². The van der Waals surface area contributed by atoms with Crippen LogP contribution in [0.15, 0.2) is 42.6 Å². The Kier molecular flexibility index (Phi) is 6.64. The summed E-state index contributed by atoms with van der Waals surface area (Å²) in [6.07, 6.45) is 3.85. The van der Waals surface area contributed by atoms with E-state index in [2.05, 4.69) is 35.4 Å². The fraction of sp³-hybridized carbons (Fsp3) is 0.286. The van der Waals surface area contributed by atoms with Gasteiger partial charge >= 0.3 is 0 Å². The average molecular weight is 405 g/mol. The first-order valence-electron chi connectivity index (χ1n) is 8.94. The van der Waals surface area contributed by atoms with Crippen LogP contribution in [0, 0.1) is 6.92 Å². The number of H-pyrrole nitrogens is 1. The van der Waals surface area contributed by atoms with Crippen molar-refractivity contribution < 1.29 is 9.53 Å². The minimum Gasteiger partial charge on any atom is -0.492 e. The third kappa shape index (κ3) is 5.41. The van der Waals surface area contributed by atoms with E-state index in [4.69, 9.17) is 27.9 Å². The molecule has 0 saturated heterocycles. The Morgan fingerprint density at radius 1 is 1.19 bits per heavy atom. The Bertz CT molecular complexity index is 937. The summed E-state index contributed by atoms with van der Waals surface area (Å²) < 4.78 is 5.59. The van der Waals surface area contributed by atoms with Crippen molar-refractivity contribution in [3.63, 3.8) is 0 Å². The normalized spacial score (nSPS) is 10.9. The van der Waals surface area contributed by atoms with Gasteiger partial charge in [-0.1, -0.05) is 34.8 Å². The predicted molar refractivity (Wildman–Crippen MR) is 111 cm³/mol. The number of hydrogen-bond acceptors (Lipinski definition) is 2. The van der Waals surface area contributed by atoms with Gasteiger partial charge < -0.3 is 15.0 Å². The maximum absolute atomic E-state index is 12.0. The zero-order valence-corrected chi connectivity index (χ0v) is 16.7. The molecule has 0 bridgehead atoms. The molecule has 1 heterocycles. The molecule has 0 aliphatic carbocycles. The highest BCUT2D eigenvalue weighted by atomic mass is 35.5. The molecule has 4 nitrogen and oxygen atoms in total. The number of halogens is 2. The first-order chi connectivity index (χ1) is 13.0. The van der Waals surface area contributed by atoms with Crippen LogP contribution in [0.3, 0.4) is 0 Å². The van der Waals surface area contributed by atoms with E-state index in [0.717, 1.165) is 11.9 Å². The molecular formula is C21H22Cl2N2O2. The number of ether oxygens (including phenoxy) is 1. The molecule has 0 saturated carbocycles. The summed E-state index contributed by atoms with van der Waals surface area (Å²) in [5, 5.41) is 5.23.